The number of carbonyl (C=O) groups is 2. The standard InChI is InChI=1S/C20H21FN2O4/c1-10(2)11-6-7-12-15(8-11)27-20(26)13-4-3-5-14(22)17(13)18(25)19(12,20)23-16(24)9-21/h4,6-8,10,26H,3,5,9,22H2,1-2H3,(H,23,24). The molecule has 3 aliphatic rings. The normalized spacial score (nSPS) is 28.5. The van der Waals surface area contributed by atoms with E-state index in [9.17, 15) is 19.1 Å². The summed E-state index contributed by atoms with van der Waals surface area (Å²) in [4.78, 5) is 25.4. The summed E-state index contributed by atoms with van der Waals surface area (Å²) < 4.78 is 18.9. The third-order valence-electron chi connectivity index (χ3n) is 5.58. The Morgan fingerprint density at radius 3 is 2.85 bits per heavy atom. The molecule has 27 heavy (non-hydrogen) atoms. The van der Waals surface area contributed by atoms with Crippen LogP contribution in [0.2, 0.25) is 0 Å². The van der Waals surface area contributed by atoms with Crippen molar-refractivity contribution in [1.82, 2.24) is 5.32 Å². The molecule has 2 aliphatic carbocycles. The van der Waals surface area contributed by atoms with Gasteiger partial charge in [-0.25, -0.2) is 4.39 Å². The Balaban J connectivity index is 2.00. The fourth-order valence-electron chi connectivity index (χ4n) is 4.23. The zero-order valence-corrected chi connectivity index (χ0v) is 15.1. The number of ketones is 1. The Hall–Kier alpha value is -2.67. The van der Waals surface area contributed by atoms with Crippen molar-refractivity contribution < 1.29 is 23.8 Å². The molecule has 4 rings (SSSR count). The highest BCUT2D eigenvalue weighted by molar-refractivity contribution is 6.15. The first-order valence-electron chi connectivity index (χ1n) is 8.93. The number of allylic oxidation sites excluding steroid dienone is 2. The molecule has 0 bridgehead atoms. The average Bonchev–Trinajstić information content (AvgIpc) is 2.99. The van der Waals surface area contributed by atoms with Gasteiger partial charge in [-0.2, -0.15) is 0 Å². The van der Waals surface area contributed by atoms with Gasteiger partial charge in [-0.3, -0.25) is 9.59 Å². The van der Waals surface area contributed by atoms with E-state index in [0.29, 0.717) is 29.9 Å². The Morgan fingerprint density at radius 2 is 2.19 bits per heavy atom. The zero-order chi connectivity index (χ0) is 19.6. The highest BCUT2D eigenvalue weighted by Crippen LogP contribution is 2.59. The number of hydrogen-bond donors (Lipinski definition) is 3. The highest BCUT2D eigenvalue weighted by Gasteiger charge is 2.73. The first-order chi connectivity index (χ1) is 12.8. The molecule has 4 N–H and O–H groups in total. The van der Waals surface area contributed by atoms with Crippen LogP contribution < -0.4 is 15.8 Å². The summed E-state index contributed by atoms with van der Waals surface area (Å²) >= 11 is 0. The van der Waals surface area contributed by atoms with Crippen LogP contribution >= 0.6 is 0 Å². The van der Waals surface area contributed by atoms with E-state index in [2.05, 4.69) is 5.32 Å². The van der Waals surface area contributed by atoms with Gasteiger partial charge in [-0.15, -0.1) is 0 Å². The second kappa shape index (κ2) is 5.66. The number of amides is 1. The van der Waals surface area contributed by atoms with Crippen molar-refractivity contribution in [2.75, 3.05) is 6.67 Å². The predicted octanol–water partition coefficient (Wildman–Crippen LogP) is 1.69. The molecular weight excluding hydrogens is 351 g/mol. The summed E-state index contributed by atoms with van der Waals surface area (Å²) in [5.41, 5.74) is 6.07. The van der Waals surface area contributed by atoms with Crippen LogP contribution in [0.25, 0.3) is 0 Å². The summed E-state index contributed by atoms with van der Waals surface area (Å²) in [6, 6.07) is 5.19. The smallest absolute Gasteiger partial charge is 0.270 e. The SMILES string of the molecule is CC(C)c1ccc2c(c1)OC1(O)C3=CCCC(N)=C3C(=O)C21NC(=O)CF. The van der Waals surface area contributed by atoms with Crippen LogP contribution in [0, 0.1) is 0 Å². The molecule has 6 nitrogen and oxygen atoms in total. The minimum atomic E-state index is -2.16. The van der Waals surface area contributed by atoms with Gasteiger partial charge in [0.1, 0.15) is 5.75 Å². The molecule has 7 heteroatoms. The van der Waals surface area contributed by atoms with Gasteiger partial charge >= 0.3 is 0 Å². The lowest BCUT2D eigenvalue weighted by Gasteiger charge is -2.33. The van der Waals surface area contributed by atoms with Gasteiger partial charge in [0.05, 0.1) is 0 Å². The molecule has 1 aromatic carbocycles. The van der Waals surface area contributed by atoms with Crippen LogP contribution in [-0.4, -0.2) is 29.3 Å². The van der Waals surface area contributed by atoms with Gasteiger partial charge < -0.3 is 20.9 Å². The minimum absolute atomic E-state index is 0.154. The number of alkyl halides is 1. The quantitative estimate of drug-likeness (QED) is 0.749. The maximum atomic E-state index is 13.4. The number of aliphatic hydroxyl groups is 1. The third kappa shape index (κ3) is 2.09. The summed E-state index contributed by atoms with van der Waals surface area (Å²) in [6.45, 7) is 2.69. The number of rotatable bonds is 3. The van der Waals surface area contributed by atoms with Crippen LogP contribution in [0.4, 0.5) is 4.39 Å². The summed E-state index contributed by atoms with van der Waals surface area (Å²) in [5.74, 6) is -3.26. The summed E-state index contributed by atoms with van der Waals surface area (Å²) in [7, 11) is 0. The predicted molar refractivity (Wildman–Crippen MR) is 95.4 cm³/mol. The molecule has 2 atom stereocenters. The molecule has 1 aliphatic heterocycles. The molecule has 142 valence electrons. The van der Waals surface area contributed by atoms with E-state index in [4.69, 9.17) is 10.5 Å². The number of halogens is 1. The van der Waals surface area contributed by atoms with Crippen molar-refractivity contribution in [3.8, 4) is 5.75 Å². The topological polar surface area (TPSA) is 102 Å². The molecule has 1 saturated carbocycles. The van der Waals surface area contributed by atoms with Crippen LogP contribution in [-0.2, 0) is 15.1 Å². The molecule has 1 fully saturated rings. The van der Waals surface area contributed by atoms with E-state index in [1.165, 1.54) is 0 Å². The van der Waals surface area contributed by atoms with Gasteiger partial charge in [0.25, 0.3) is 11.7 Å². The molecule has 1 heterocycles. The van der Waals surface area contributed by atoms with E-state index in [1.807, 2.05) is 19.9 Å². The Morgan fingerprint density at radius 1 is 1.44 bits per heavy atom. The first kappa shape index (κ1) is 17.7. The number of Topliss-reactive ketones (excluding diaryl/α,β-unsaturated/α-hetero) is 1. The van der Waals surface area contributed by atoms with Gasteiger partial charge in [0.2, 0.25) is 11.3 Å². The molecule has 0 radical (unpaired) electrons. The molecule has 1 aromatic rings. The van der Waals surface area contributed by atoms with Crippen molar-refractivity contribution >= 4 is 11.7 Å². The molecule has 0 spiro atoms. The van der Waals surface area contributed by atoms with E-state index >= 15 is 0 Å². The second-order valence-electron chi connectivity index (χ2n) is 7.47. The average molecular weight is 372 g/mol. The Bertz CT molecular complexity index is 936. The largest absolute Gasteiger partial charge is 0.454 e. The molecule has 0 aromatic heterocycles. The monoisotopic (exact) mass is 372 g/mol. The third-order valence-corrected chi connectivity index (χ3v) is 5.58. The van der Waals surface area contributed by atoms with Crippen molar-refractivity contribution in [2.45, 2.75) is 43.9 Å². The van der Waals surface area contributed by atoms with Crippen molar-refractivity contribution in [3.63, 3.8) is 0 Å². The van der Waals surface area contributed by atoms with Gasteiger partial charge in [-0.05, 0) is 30.4 Å². The number of nitrogens with one attached hydrogen (secondary N) is 1. The van der Waals surface area contributed by atoms with Gasteiger partial charge in [0.15, 0.2) is 6.67 Å². The number of hydrogen-bond acceptors (Lipinski definition) is 5. The van der Waals surface area contributed by atoms with Crippen LogP contribution in [0.5, 0.6) is 5.75 Å². The summed E-state index contributed by atoms with van der Waals surface area (Å²) in [6.07, 6.45) is 2.69. The second-order valence-corrected chi connectivity index (χ2v) is 7.47. The molecule has 0 saturated heterocycles. The number of benzene rings is 1. The van der Waals surface area contributed by atoms with E-state index in [0.717, 1.165) is 5.56 Å². The van der Waals surface area contributed by atoms with Crippen LogP contribution in [0.1, 0.15) is 43.7 Å². The van der Waals surface area contributed by atoms with E-state index in [1.54, 1.807) is 18.2 Å². The van der Waals surface area contributed by atoms with Gasteiger partial charge in [0, 0.05) is 22.4 Å². The molecular formula is C20H21FN2O4. The highest BCUT2D eigenvalue weighted by atomic mass is 19.1. The Labute approximate surface area is 155 Å². The Kier molecular flexibility index (Phi) is 3.72. The number of ether oxygens (including phenoxy) is 1. The fourth-order valence-corrected chi connectivity index (χ4v) is 4.23. The van der Waals surface area contributed by atoms with Gasteiger partial charge in [-0.1, -0.05) is 32.1 Å². The molecule has 2 unspecified atom stereocenters. The van der Waals surface area contributed by atoms with Crippen LogP contribution in [0.3, 0.4) is 0 Å². The zero-order valence-electron chi connectivity index (χ0n) is 15.1. The molecule has 1 amide bonds. The lowest BCUT2D eigenvalue weighted by atomic mass is 9.83. The lowest BCUT2D eigenvalue weighted by molar-refractivity contribution is -0.160. The minimum Gasteiger partial charge on any atom is -0.454 e. The fraction of sp³-hybridized carbons (Fsp3) is 0.400. The van der Waals surface area contributed by atoms with Crippen molar-refractivity contribution in [2.24, 2.45) is 5.73 Å². The van der Waals surface area contributed by atoms with E-state index in [-0.39, 0.29) is 17.1 Å². The maximum absolute atomic E-state index is 13.4. The first-order valence-corrected chi connectivity index (χ1v) is 8.93. The van der Waals surface area contributed by atoms with Crippen LogP contribution in [0.15, 0.2) is 41.1 Å². The number of nitrogens with two attached hydrogens (primary N) is 1. The van der Waals surface area contributed by atoms with Crippen molar-refractivity contribution in [3.05, 3.63) is 52.2 Å². The van der Waals surface area contributed by atoms with Crippen molar-refractivity contribution in [1.29, 1.82) is 0 Å². The number of carbonyl (C=O) groups excluding carboxylic acids is 2. The summed E-state index contributed by atoms with van der Waals surface area (Å²) in [5, 5.41) is 13.9. The van der Waals surface area contributed by atoms with E-state index < -0.39 is 29.7 Å². The lowest BCUT2D eigenvalue weighted by Crippen LogP contribution is -2.62. The maximum Gasteiger partial charge on any atom is 0.270 e. The number of fused-ring (bicyclic) bond motifs is 5.